The Morgan fingerprint density at radius 3 is 2.43 bits per heavy atom. The van der Waals surface area contributed by atoms with Crippen molar-refractivity contribution in [1.82, 2.24) is 10.3 Å². The average Bonchev–Trinajstić information content (AvgIpc) is 3.16. The van der Waals surface area contributed by atoms with E-state index in [0.29, 0.717) is 18.0 Å². The van der Waals surface area contributed by atoms with Crippen LogP contribution < -0.4 is 20.3 Å². The third-order valence-corrected chi connectivity index (χ3v) is 4.28. The van der Waals surface area contributed by atoms with Crippen molar-refractivity contribution < 1.29 is 22.7 Å². The molecule has 0 aliphatic heterocycles. The maximum atomic E-state index is 14.0. The summed E-state index contributed by atoms with van der Waals surface area (Å²) in [4.78, 5) is 17.7. The highest BCUT2D eigenvalue weighted by Crippen LogP contribution is 2.25. The summed E-state index contributed by atoms with van der Waals surface area (Å²) in [6, 6.07) is 8.84. The molecule has 0 aliphatic carbocycles. The maximum absolute atomic E-state index is 14.0. The van der Waals surface area contributed by atoms with Crippen LogP contribution in [0.5, 0.6) is 5.75 Å². The number of nitrogens with zero attached hydrogens (tertiary/aromatic N) is 2. The summed E-state index contributed by atoms with van der Waals surface area (Å²) in [6.45, 7) is 0.265. The van der Waals surface area contributed by atoms with Gasteiger partial charge in [-0.25, -0.2) is 18.6 Å². The fourth-order valence-corrected chi connectivity index (χ4v) is 2.83. The van der Waals surface area contributed by atoms with Crippen molar-refractivity contribution in [3.05, 3.63) is 60.0 Å². The van der Waals surface area contributed by atoms with E-state index < -0.39 is 17.7 Å². The van der Waals surface area contributed by atoms with Crippen molar-refractivity contribution in [1.29, 1.82) is 0 Å². The van der Waals surface area contributed by atoms with Crippen molar-refractivity contribution in [2.24, 2.45) is 0 Å². The number of anilines is 2. The van der Waals surface area contributed by atoms with Gasteiger partial charge in [-0.15, -0.1) is 0 Å². The highest BCUT2D eigenvalue weighted by Gasteiger charge is 2.14. The fourth-order valence-electron chi connectivity index (χ4n) is 2.83. The molecule has 30 heavy (non-hydrogen) atoms. The number of methoxy groups -OCH3 is 1. The lowest BCUT2D eigenvalue weighted by atomic mass is 10.2. The average molecular weight is 416 g/mol. The first-order chi connectivity index (χ1) is 14.4. The van der Waals surface area contributed by atoms with Crippen molar-refractivity contribution in [3.8, 4) is 17.2 Å². The summed E-state index contributed by atoms with van der Waals surface area (Å²) in [7, 11) is 4.66. The molecule has 7 nitrogen and oxygen atoms in total. The fraction of sp³-hybridized carbons (Fsp3) is 0.238. The SMILES string of the molecule is COc1ccc(-c2nc(CCNC(=O)Nc3cc(F)c(N(C)C)c(F)c3)co2)cc1. The number of amides is 2. The molecule has 1 heterocycles. The van der Waals surface area contributed by atoms with Gasteiger partial charge in [0.15, 0.2) is 11.6 Å². The second-order valence-electron chi connectivity index (χ2n) is 6.69. The van der Waals surface area contributed by atoms with E-state index in [0.717, 1.165) is 23.4 Å². The van der Waals surface area contributed by atoms with Crippen LogP contribution >= 0.6 is 0 Å². The Kier molecular flexibility index (Phi) is 6.51. The van der Waals surface area contributed by atoms with Crippen molar-refractivity contribution in [3.63, 3.8) is 0 Å². The lowest BCUT2D eigenvalue weighted by molar-refractivity contribution is 0.252. The molecule has 0 radical (unpaired) electrons. The number of ether oxygens (including phenoxy) is 1. The predicted octanol–water partition coefficient (Wildman–Crippen LogP) is 4.06. The van der Waals surface area contributed by atoms with Crippen LogP contribution in [-0.2, 0) is 6.42 Å². The van der Waals surface area contributed by atoms with E-state index in [2.05, 4.69) is 15.6 Å². The molecule has 0 fully saturated rings. The molecule has 0 unspecified atom stereocenters. The largest absolute Gasteiger partial charge is 0.497 e. The molecule has 1 aromatic heterocycles. The van der Waals surface area contributed by atoms with E-state index in [4.69, 9.17) is 9.15 Å². The first-order valence-electron chi connectivity index (χ1n) is 9.17. The molecule has 3 aromatic rings. The number of halogens is 2. The molecule has 0 saturated heterocycles. The Morgan fingerprint density at radius 2 is 1.83 bits per heavy atom. The summed E-state index contributed by atoms with van der Waals surface area (Å²) in [5.41, 5.74) is 1.32. The van der Waals surface area contributed by atoms with E-state index in [-0.39, 0.29) is 17.9 Å². The summed E-state index contributed by atoms with van der Waals surface area (Å²) in [6.07, 6.45) is 1.94. The van der Waals surface area contributed by atoms with Crippen LogP contribution in [0.25, 0.3) is 11.5 Å². The quantitative estimate of drug-likeness (QED) is 0.607. The Morgan fingerprint density at radius 1 is 1.17 bits per heavy atom. The van der Waals surface area contributed by atoms with Gasteiger partial charge in [0.1, 0.15) is 17.7 Å². The van der Waals surface area contributed by atoms with Gasteiger partial charge in [-0.1, -0.05) is 0 Å². The number of urea groups is 1. The van der Waals surface area contributed by atoms with Crippen LogP contribution in [0.2, 0.25) is 0 Å². The molecule has 2 aromatic carbocycles. The van der Waals surface area contributed by atoms with Crippen LogP contribution in [0.15, 0.2) is 47.1 Å². The van der Waals surface area contributed by atoms with Gasteiger partial charge in [-0.2, -0.15) is 0 Å². The highest BCUT2D eigenvalue weighted by atomic mass is 19.1. The van der Waals surface area contributed by atoms with Crippen LogP contribution in [0.1, 0.15) is 5.69 Å². The second-order valence-corrected chi connectivity index (χ2v) is 6.69. The molecular weight excluding hydrogens is 394 g/mol. The number of carbonyl (C=O) groups is 1. The van der Waals surface area contributed by atoms with Crippen LogP contribution in [-0.4, -0.2) is 38.8 Å². The molecule has 0 atom stereocenters. The van der Waals surface area contributed by atoms with Crippen molar-refractivity contribution >= 4 is 17.4 Å². The monoisotopic (exact) mass is 416 g/mol. The van der Waals surface area contributed by atoms with E-state index >= 15 is 0 Å². The Balaban J connectivity index is 1.52. The second kappa shape index (κ2) is 9.25. The van der Waals surface area contributed by atoms with Gasteiger partial charge in [-0.05, 0) is 36.4 Å². The van der Waals surface area contributed by atoms with Gasteiger partial charge in [-0.3, -0.25) is 0 Å². The van der Waals surface area contributed by atoms with E-state index in [1.54, 1.807) is 7.11 Å². The summed E-state index contributed by atoms with van der Waals surface area (Å²) in [5.74, 6) is -0.325. The van der Waals surface area contributed by atoms with Gasteiger partial charge in [0.05, 0.1) is 12.8 Å². The van der Waals surface area contributed by atoms with Gasteiger partial charge in [0.2, 0.25) is 5.89 Å². The predicted molar refractivity (Wildman–Crippen MR) is 110 cm³/mol. The lowest BCUT2D eigenvalue weighted by Gasteiger charge is -2.16. The maximum Gasteiger partial charge on any atom is 0.319 e. The molecule has 0 spiro atoms. The molecular formula is C21H22F2N4O3. The normalized spacial score (nSPS) is 10.6. The summed E-state index contributed by atoms with van der Waals surface area (Å²) >= 11 is 0. The number of rotatable bonds is 7. The Bertz CT molecular complexity index is 996. The topological polar surface area (TPSA) is 79.6 Å². The zero-order valence-corrected chi connectivity index (χ0v) is 16.8. The molecule has 2 N–H and O–H groups in total. The summed E-state index contributed by atoms with van der Waals surface area (Å²) < 4.78 is 38.6. The standard InChI is InChI=1S/C21H22F2N4O3/c1-27(2)19-17(22)10-15(11-18(19)23)26-21(28)24-9-8-14-12-30-20(25-14)13-4-6-16(29-3)7-5-13/h4-7,10-12H,8-9H2,1-3H3,(H2,24,26,28). The van der Waals surface area contributed by atoms with E-state index in [9.17, 15) is 13.6 Å². The lowest BCUT2D eigenvalue weighted by Crippen LogP contribution is -2.30. The molecule has 158 valence electrons. The molecule has 9 heteroatoms. The number of carbonyl (C=O) groups excluding carboxylic acids is 1. The van der Waals surface area contributed by atoms with Crippen LogP contribution in [0, 0.1) is 11.6 Å². The molecule has 0 bridgehead atoms. The first kappa shape index (κ1) is 21.1. The molecule has 2 amide bonds. The van der Waals surface area contributed by atoms with Crippen LogP contribution in [0.3, 0.4) is 0 Å². The third-order valence-electron chi connectivity index (χ3n) is 4.28. The van der Waals surface area contributed by atoms with Gasteiger partial charge >= 0.3 is 6.03 Å². The highest BCUT2D eigenvalue weighted by molar-refractivity contribution is 5.89. The van der Waals surface area contributed by atoms with Gasteiger partial charge in [0, 0.05) is 38.3 Å². The minimum absolute atomic E-state index is 0.0244. The van der Waals surface area contributed by atoms with Crippen molar-refractivity contribution in [2.75, 3.05) is 38.0 Å². The van der Waals surface area contributed by atoms with Crippen LogP contribution in [0.4, 0.5) is 25.0 Å². The minimum Gasteiger partial charge on any atom is -0.497 e. The number of aromatic nitrogens is 1. The zero-order valence-electron chi connectivity index (χ0n) is 16.8. The minimum atomic E-state index is -0.760. The smallest absolute Gasteiger partial charge is 0.319 e. The zero-order chi connectivity index (χ0) is 21.7. The summed E-state index contributed by atoms with van der Waals surface area (Å²) in [5, 5.41) is 5.03. The van der Waals surface area contributed by atoms with E-state index in [1.807, 2.05) is 24.3 Å². The molecule has 0 aliphatic rings. The Labute approximate surface area is 172 Å². The molecule has 3 rings (SSSR count). The number of hydrogen-bond acceptors (Lipinski definition) is 5. The Hall–Kier alpha value is -3.62. The van der Waals surface area contributed by atoms with Gasteiger partial charge in [0.25, 0.3) is 0 Å². The first-order valence-corrected chi connectivity index (χ1v) is 9.17. The van der Waals surface area contributed by atoms with Gasteiger partial charge < -0.3 is 24.7 Å². The van der Waals surface area contributed by atoms with E-state index in [1.165, 1.54) is 25.3 Å². The number of hydrogen-bond donors (Lipinski definition) is 2. The number of oxazole rings is 1. The molecule has 0 saturated carbocycles. The van der Waals surface area contributed by atoms with Crippen molar-refractivity contribution in [2.45, 2.75) is 6.42 Å². The number of benzene rings is 2. The number of nitrogens with one attached hydrogen (secondary N) is 2. The third kappa shape index (κ3) is 5.05.